The molecule has 11 heteroatoms. The van der Waals surface area contributed by atoms with Crippen molar-refractivity contribution in [1.29, 1.82) is 0 Å². The van der Waals surface area contributed by atoms with Crippen LogP contribution >= 0.6 is 23.2 Å². The second kappa shape index (κ2) is 15.1. The molecule has 4 rings (SSSR count). The lowest BCUT2D eigenvalue weighted by atomic mass is 10.0. The van der Waals surface area contributed by atoms with Gasteiger partial charge in [0.25, 0.3) is 10.0 Å². The van der Waals surface area contributed by atoms with Crippen LogP contribution in [0.15, 0.2) is 108 Å². The number of ether oxygens (including phenoxy) is 1. The molecule has 0 radical (unpaired) electrons. The molecule has 2 amide bonds. The lowest BCUT2D eigenvalue weighted by Gasteiger charge is -2.34. The van der Waals surface area contributed by atoms with Crippen molar-refractivity contribution in [3.05, 3.63) is 124 Å². The second-order valence-corrected chi connectivity index (χ2v) is 12.7. The number of methoxy groups -OCH3 is 1. The Morgan fingerprint density at radius 3 is 2.11 bits per heavy atom. The first-order valence-corrected chi connectivity index (χ1v) is 16.1. The van der Waals surface area contributed by atoms with Crippen molar-refractivity contribution in [2.75, 3.05) is 24.5 Å². The standard InChI is InChI=1S/C33H33Cl2N3O5S/c1-3-36-33(40)31(21-24-8-5-4-6-9-24)37(22-25-10-7-11-27(35)20-25)32(39)23-38(28-14-12-26(34)13-15-28)44(41,42)30-18-16-29(43-2)17-19-30/h4-20,31H,3,21-23H2,1-2H3,(H,36,40)/t31-/m1/s1. The number of nitrogens with zero attached hydrogens (tertiary/aromatic N) is 2. The van der Waals surface area contributed by atoms with E-state index in [1.165, 1.54) is 48.4 Å². The van der Waals surface area contributed by atoms with Gasteiger partial charge >= 0.3 is 0 Å². The van der Waals surface area contributed by atoms with Crippen LogP contribution in [0.1, 0.15) is 18.1 Å². The highest BCUT2D eigenvalue weighted by Gasteiger charge is 2.34. The van der Waals surface area contributed by atoms with Crippen LogP contribution in [-0.4, -0.2) is 51.4 Å². The molecule has 1 N–H and O–H groups in total. The van der Waals surface area contributed by atoms with E-state index in [0.717, 1.165) is 9.87 Å². The highest BCUT2D eigenvalue weighted by atomic mass is 35.5. The van der Waals surface area contributed by atoms with E-state index in [4.69, 9.17) is 27.9 Å². The van der Waals surface area contributed by atoms with Crippen LogP contribution in [0.4, 0.5) is 5.69 Å². The quantitative estimate of drug-likeness (QED) is 0.192. The first-order chi connectivity index (χ1) is 21.1. The number of anilines is 1. The summed E-state index contributed by atoms with van der Waals surface area (Å²) < 4.78 is 34.3. The zero-order valence-electron chi connectivity index (χ0n) is 24.3. The number of hydrogen-bond donors (Lipinski definition) is 1. The van der Waals surface area contributed by atoms with Gasteiger partial charge in [-0.15, -0.1) is 0 Å². The third kappa shape index (κ3) is 8.31. The Balaban J connectivity index is 1.79. The van der Waals surface area contributed by atoms with Gasteiger partial charge in [0.15, 0.2) is 0 Å². The van der Waals surface area contributed by atoms with Crippen molar-refractivity contribution >= 4 is 50.7 Å². The first kappa shape index (κ1) is 32.9. The fraction of sp³-hybridized carbons (Fsp3) is 0.212. The van der Waals surface area contributed by atoms with Gasteiger partial charge in [-0.2, -0.15) is 0 Å². The Bertz CT molecular complexity index is 1670. The number of carbonyl (C=O) groups excluding carboxylic acids is 2. The topological polar surface area (TPSA) is 96.0 Å². The summed E-state index contributed by atoms with van der Waals surface area (Å²) in [6.45, 7) is 1.59. The van der Waals surface area contributed by atoms with E-state index in [0.29, 0.717) is 27.9 Å². The SMILES string of the molecule is CCNC(=O)[C@@H](Cc1ccccc1)N(Cc1cccc(Cl)c1)C(=O)CN(c1ccc(Cl)cc1)S(=O)(=O)c1ccc(OC)cc1. The number of sulfonamides is 1. The maximum Gasteiger partial charge on any atom is 0.264 e. The van der Waals surface area contributed by atoms with Crippen LogP contribution in [0, 0.1) is 0 Å². The Kier molecular flexibility index (Phi) is 11.3. The molecule has 0 aromatic heterocycles. The number of nitrogens with one attached hydrogen (secondary N) is 1. The van der Waals surface area contributed by atoms with Gasteiger partial charge in [0.05, 0.1) is 17.7 Å². The Morgan fingerprint density at radius 2 is 1.50 bits per heavy atom. The van der Waals surface area contributed by atoms with Crippen LogP contribution in [0.25, 0.3) is 0 Å². The molecule has 0 saturated heterocycles. The predicted molar refractivity (Wildman–Crippen MR) is 174 cm³/mol. The highest BCUT2D eigenvalue weighted by molar-refractivity contribution is 7.92. The summed E-state index contributed by atoms with van der Waals surface area (Å²) in [6, 6.07) is 27.4. The van der Waals surface area contributed by atoms with E-state index in [-0.39, 0.29) is 29.5 Å². The zero-order valence-corrected chi connectivity index (χ0v) is 26.6. The number of hydrogen-bond acceptors (Lipinski definition) is 5. The largest absolute Gasteiger partial charge is 0.497 e. The van der Waals surface area contributed by atoms with Gasteiger partial charge in [-0.25, -0.2) is 8.42 Å². The number of benzene rings is 4. The summed E-state index contributed by atoms with van der Waals surface area (Å²) in [5.41, 5.74) is 1.76. The average molecular weight is 655 g/mol. The summed E-state index contributed by atoms with van der Waals surface area (Å²) >= 11 is 12.4. The van der Waals surface area contributed by atoms with Crippen LogP contribution in [-0.2, 0) is 32.6 Å². The summed E-state index contributed by atoms with van der Waals surface area (Å²) in [7, 11) is -2.77. The first-order valence-electron chi connectivity index (χ1n) is 13.9. The fourth-order valence-electron chi connectivity index (χ4n) is 4.69. The van der Waals surface area contributed by atoms with Crippen LogP contribution in [0.5, 0.6) is 5.75 Å². The molecule has 0 unspecified atom stereocenters. The Morgan fingerprint density at radius 1 is 0.841 bits per heavy atom. The normalized spacial score (nSPS) is 11.8. The number of likely N-dealkylation sites (N-methyl/N-ethyl adjacent to an activating group) is 1. The smallest absolute Gasteiger partial charge is 0.264 e. The van der Waals surface area contributed by atoms with Crippen LogP contribution < -0.4 is 14.4 Å². The minimum absolute atomic E-state index is 0.0189. The third-order valence-electron chi connectivity index (χ3n) is 6.90. The molecule has 4 aromatic carbocycles. The van der Waals surface area contributed by atoms with Crippen molar-refractivity contribution in [1.82, 2.24) is 10.2 Å². The van der Waals surface area contributed by atoms with Crippen molar-refractivity contribution in [2.24, 2.45) is 0 Å². The number of amides is 2. The zero-order chi connectivity index (χ0) is 31.7. The molecule has 44 heavy (non-hydrogen) atoms. The van der Waals surface area contributed by atoms with E-state index in [1.807, 2.05) is 30.3 Å². The molecule has 0 heterocycles. The van der Waals surface area contributed by atoms with Crippen LogP contribution in [0.3, 0.4) is 0 Å². The van der Waals surface area contributed by atoms with Gasteiger partial charge in [0.2, 0.25) is 11.8 Å². The van der Waals surface area contributed by atoms with E-state index in [1.54, 1.807) is 43.3 Å². The Labute approximate surface area is 268 Å². The van der Waals surface area contributed by atoms with Gasteiger partial charge < -0.3 is 15.0 Å². The summed E-state index contributed by atoms with van der Waals surface area (Å²) in [4.78, 5) is 29.3. The van der Waals surface area contributed by atoms with Crippen molar-refractivity contribution < 1.29 is 22.7 Å². The molecule has 4 aromatic rings. The summed E-state index contributed by atoms with van der Waals surface area (Å²) in [5, 5.41) is 3.72. The fourth-order valence-corrected chi connectivity index (χ4v) is 6.44. The Hall–Kier alpha value is -4.05. The predicted octanol–water partition coefficient (Wildman–Crippen LogP) is 5.97. The van der Waals surface area contributed by atoms with Crippen molar-refractivity contribution in [2.45, 2.75) is 30.8 Å². The molecule has 230 valence electrons. The maximum absolute atomic E-state index is 14.4. The van der Waals surface area contributed by atoms with Gasteiger partial charge in [-0.3, -0.25) is 13.9 Å². The van der Waals surface area contributed by atoms with Gasteiger partial charge in [-0.1, -0.05) is 65.7 Å². The van der Waals surface area contributed by atoms with Crippen LogP contribution in [0.2, 0.25) is 10.0 Å². The lowest BCUT2D eigenvalue weighted by molar-refractivity contribution is -0.140. The number of carbonyl (C=O) groups is 2. The lowest BCUT2D eigenvalue weighted by Crippen LogP contribution is -2.53. The average Bonchev–Trinajstić information content (AvgIpc) is 3.02. The van der Waals surface area contributed by atoms with Gasteiger partial charge in [0.1, 0.15) is 18.3 Å². The van der Waals surface area contributed by atoms with E-state index < -0.39 is 28.5 Å². The molecule has 1 atom stereocenters. The molecule has 0 aliphatic carbocycles. The van der Waals surface area contributed by atoms with E-state index in [2.05, 4.69) is 5.32 Å². The summed E-state index contributed by atoms with van der Waals surface area (Å²) in [5.74, 6) is -0.455. The van der Waals surface area contributed by atoms with Gasteiger partial charge in [-0.05, 0) is 78.7 Å². The second-order valence-electron chi connectivity index (χ2n) is 9.92. The minimum Gasteiger partial charge on any atom is -0.497 e. The van der Waals surface area contributed by atoms with Gasteiger partial charge in [0, 0.05) is 29.6 Å². The van der Waals surface area contributed by atoms with E-state index >= 15 is 0 Å². The van der Waals surface area contributed by atoms with E-state index in [9.17, 15) is 18.0 Å². The highest BCUT2D eigenvalue weighted by Crippen LogP contribution is 2.27. The molecular weight excluding hydrogens is 621 g/mol. The molecule has 0 saturated carbocycles. The maximum atomic E-state index is 14.4. The molecule has 0 spiro atoms. The molecule has 0 aliphatic rings. The van der Waals surface area contributed by atoms with Crippen molar-refractivity contribution in [3.8, 4) is 5.75 Å². The molecule has 0 aliphatic heterocycles. The molecule has 0 bridgehead atoms. The number of halogens is 2. The summed E-state index contributed by atoms with van der Waals surface area (Å²) in [6.07, 6.45) is 0.213. The van der Waals surface area contributed by atoms with Crippen molar-refractivity contribution in [3.63, 3.8) is 0 Å². The minimum atomic E-state index is -4.25. The molecule has 8 nitrogen and oxygen atoms in total. The molecular formula is C33H33Cl2N3O5S. The number of rotatable bonds is 13. The monoisotopic (exact) mass is 653 g/mol. The third-order valence-corrected chi connectivity index (χ3v) is 9.18. The molecule has 0 fully saturated rings.